The van der Waals surface area contributed by atoms with Gasteiger partial charge in [-0.1, -0.05) is 48.5 Å². The van der Waals surface area contributed by atoms with Crippen molar-refractivity contribution in [2.45, 2.75) is 12.8 Å². The van der Waals surface area contributed by atoms with Gasteiger partial charge in [0.05, 0.1) is 44.3 Å². The van der Waals surface area contributed by atoms with Crippen LogP contribution in [-0.2, 0) is 22.4 Å². The predicted molar refractivity (Wildman–Crippen MR) is 182 cm³/mol. The highest BCUT2D eigenvalue weighted by molar-refractivity contribution is 5.98. The van der Waals surface area contributed by atoms with Crippen molar-refractivity contribution in [2.75, 3.05) is 0 Å². The largest absolute Gasteiger partial charge is 0.268 e. The fraction of sp³-hybridized carbons (Fsp3) is 0.0526. The fourth-order valence-electron chi connectivity index (χ4n) is 5.92. The van der Waals surface area contributed by atoms with E-state index < -0.39 is 22.2 Å². The van der Waals surface area contributed by atoms with Crippen LogP contribution in [0.1, 0.15) is 22.3 Å². The third kappa shape index (κ3) is 5.35. The molecule has 0 saturated heterocycles. The molecule has 7 aromatic rings. The summed E-state index contributed by atoms with van der Waals surface area (Å²) >= 11 is 0. The Hall–Kier alpha value is -6.86. The Morgan fingerprint density at radius 2 is 0.688 bits per heavy atom. The summed E-state index contributed by atoms with van der Waals surface area (Å²) in [5.74, 6) is 0. The predicted octanol–water partition coefficient (Wildman–Crippen LogP) is 5.01. The lowest BCUT2D eigenvalue weighted by Crippen LogP contribution is -2.24. The number of benzene rings is 5. The number of isocyanates is 2. The molecule has 0 aliphatic carbocycles. The quantitative estimate of drug-likeness (QED) is 0.171. The Bertz CT molecular complexity index is 2400. The minimum atomic E-state index is -0.578. The zero-order valence-corrected chi connectivity index (χ0v) is 25.0. The van der Waals surface area contributed by atoms with E-state index >= 15 is 0 Å². The Kier molecular flexibility index (Phi) is 7.55. The number of rotatable bonds is 8. The van der Waals surface area contributed by atoms with Crippen LogP contribution < -0.4 is 22.2 Å². The third-order valence-electron chi connectivity index (χ3n) is 8.32. The van der Waals surface area contributed by atoms with Gasteiger partial charge in [-0.15, -0.1) is 0 Å². The van der Waals surface area contributed by atoms with Crippen LogP contribution >= 0.6 is 0 Å². The molecule has 48 heavy (non-hydrogen) atoms. The summed E-state index contributed by atoms with van der Waals surface area (Å²) in [7, 11) is 0. The summed E-state index contributed by atoms with van der Waals surface area (Å²) in [6.07, 6.45) is 4.18. The maximum atomic E-state index is 13.5. The van der Waals surface area contributed by atoms with E-state index in [1.165, 1.54) is 24.3 Å². The summed E-state index contributed by atoms with van der Waals surface area (Å²) in [4.78, 5) is 82.0. The topological polar surface area (TPSA) is 137 Å². The lowest BCUT2D eigenvalue weighted by atomic mass is 10.0. The minimum absolute atomic E-state index is 0.0594. The Morgan fingerprint density at radius 3 is 0.958 bits per heavy atom. The molecule has 0 aliphatic heterocycles. The maximum absolute atomic E-state index is 13.5. The molecule has 0 fully saturated rings. The molecule has 10 nitrogen and oxygen atoms in total. The van der Waals surface area contributed by atoms with Crippen molar-refractivity contribution in [3.8, 4) is 11.4 Å². The highest BCUT2D eigenvalue weighted by Gasteiger charge is 2.21. The maximum Gasteiger partial charge on any atom is 0.266 e. The highest BCUT2D eigenvalue weighted by atomic mass is 16.2. The molecule has 230 valence electrons. The normalized spacial score (nSPS) is 11.0. The molecule has 0 radical (unpaired) electrons. The third-order valence-corrected chi connectivity index (χ3v) is 8.32. The number of aliphatic imine (C=N–C) groups is 2. The van der Waals surface area contributed by atoms with E-state index in [1.54, 1.807) is 48.5 Å². The van der Waals surface area contributed by atoms with Crippen molar-refractivity contribution in [1.29, 1.82) is 0 Å². The fourth-order valence-corrected chi connectivity index (χ4v) is 5.92. The zero-order valence-electron chi connectivity index (χ0n) is 25.0. The minimum Gasteiger partial charge on any atom is -0.268 e. The van der Waals surface area contributed by atoms with Crippen LogP contribution in [-0.4, -0.2) is 21.3 Å². The van der Waals surface area contributed by atoms with Crippen LogP contribution in [0.3, 0.4) is 0 Å². The van der Waals surface area contributed by atoms with Gasteiger partial charge in [-0.25, -0.2) is 18.7 Å². The average Bonchev–Trinajstić information content (AvgIpc) is 3.50. The monoisotopic (exact) mass is 630 g/mol. The van der Waals surface area contributed by atoms with Crippen LogP contribution in [0.15, 0.2) is 138 Å². The average molecular weight is 631 g/mol. The van der Waals surface area contributed by atoms with Crippen molar-refractivity contribution >= 4 is 45.1 Å². The van der Waals surface area contributed by atoms with E-state index in [1.807, 2.05) is 48.5 Å². The van der Waals surface area contributed by atoms with Crippen LogP contribution in [0.5, 0.6) is 0 Å². The van der Waals surface area contributed by atoms with Gasteiger partial charge in [-0.05, 0) is 95.8 Å². The van der Waals surface area contributed by atoms with Crippen LogP contribution in [0.25, 0.3) is 32.9 Å². The zero-order chi connectivity index (χ0) is 33.4. The standard InChI is InChI=1S/C38H22N4O6/c43-21-39-27-9-1-23(2-10-27)17-25-5-13-29(14-6-25)41-35(45)31-19-33-34(20-32(31)36(41)46)38(48)42(37(33)47)30-15-7-26(8-16-30)18-24-3-11-28(12-4-24)40-22-44/h1-16,19-20H,17-18H2. The molecule has 0 atom stereocenters. The van der Waals surface area contributed by atoms with E-state index in [-0.39, 0.29) is 21.5 Å². The van der Waals surface area contributed by atoms with Gasteiger partial charge in [0.1, 0.15) is 0 Å². The second-order valence-electron chi connectivity index (χ2n) is 11.3. The van der Waals surface area contributed by atoms with Crippen LogP contribution in [0, 0.1) is 0 Å². The molecule has 7 rings (SSSR count). The molecule has 0 bridgehead atoms. The molecule has 0 spiro atoms. The molecule has 0 amide bonds. The highest BCUT2D eigenvalue weighted by Crippen LogP contribution is 2.21. The van der Waals surface area contributed by atoms with E-state index in [0.717, 1.165) is 31.4 Å². The number of nitrogens with zero attached hydrogens (tertiary/aromatic N) is 4. The number of carbonyl (C=O) groups excluding carboxylic acids is 2. The lowest BCUT2D eigenvalue weighted by molar-refractivity contribution is 0.564. The van der Waals surface area contributed by atoms with Gasteiger partial charge in [0.2, 0.25) is 12.2 Å². The van der Waals surface area contributed by atoms with Gasteiger partial charge in [0.25, 0.3) is 22.2 Å². The summed E-state index contributed by atoms with van der Waals surface area (Å²) in [6, 6.07) is 30.9. The first-order valence-electron chi connectivity index (χ1n) is 14.8. The molecular weight excluding hydrogens is 608 g/mol. The van der Waals surface area contributed by atoms with Crippen molar-refractivity contribution < 1.29 is 9.59 Å². The van der Waals surface area contributed by atoms with Gasteiger partial charge in [0, 0.05) is 0 Å². The number of hydrogen-bond donors (Lipinski definition) is 0. The smallest absolute Gasteiger partial charge is 0.266 e. The van der Waals surface area contributed by atoms with Gasteiger partial charge < -0.3 is 0 Å². The van der Waals surface area contributed by atoms with Gasteiger partial charge in [0.15, 0.2) is 0 Å². The Balaban J connectivity index is 1.18. The molecule has 5 aromatic carbocycles. The van der Waals surface area contributed by atoms with Crippen LogP contribution in [0.2, 0.25) is 0 Å². The van der Waals surface area contributed by atoms with Crippen molar-refractivity contribution in [3.63, 3.8) is 0 Å². The summed E-state index contributed by atoms with van der Waals surface area (Å²) in [5.41, 5.74) is 3.28. The van der Waals surface area contributed by atoms with Gasteiger partial charge in [-0.3, -0.25) is 19.2 Å². The first-order valence-corrected chi connectivity index (χ1v) is 14.8. The van der Waals surface area contributed by atoms with Crippen molar-refractivity contribution in [3.05, 3.63) is 173 Å². The van der Waals surface area contributed by atoms with Crippen molar-refractivity contribution in [2.24, 2.45) is 9.98 Å². The van der Waals surface area contributed by atoms with E-state index in [4.69, 9.17) is 0 Å². The summed E-state index contributed by atoms with van der Waals surface area (Å²) < 4.78 is 2.09. The number of fused-ring (bicyclic) bond motifs is 2. The first kappa shape index (κ1) is 29.8. The number of hydrogen-bond acceptors (Lipinski definition) is 8. The van der Waals surface area contributed by atoms with Gasteiger partial charge in [-0.2, -0.15) is 9.98 Å². The molecule has 10 heteroatoms. The second kappa shape index (κ2) is 12.2. The molecular formula is C38H22N4O6. The molecule has 2 aromatic heterocycles. The SMILES string of the molecule is O=C=Nc1ccc(Cc2ccc(-n3c(=O)c4cc5c(=O)n(-c6ccc(Cc7ccc(N=C=O)cc7)cc6)c(=O)c5cc4c3=O)cc2)cc1. The van der Waals surface area contributed by atoms with Crippen LogP contribution in [0.4, 0.5) is 11.4 Å². The second-order valence-corrected chi connectivity index (χ2v) is 11.3. The number of aromatic nitrogens is 2. The summed E-state index contributed by atoms with van der Waals surface area (Å²) in [5, 5.41) is 0.237. The van der Waals surface area contributed by atoms with E-state index in [9.17, 15) is 28.8 Å². The first-order chi connectivity index (χ1) is 23.3. The van der Waals surface area contributed by atoms with E-state index in [0.29, 0.717) is 35.6 Å². The Labute approximate surface area is 270 Å². The molecule has 0 aliphatic rings. The van der Waals surface area contributed by atoms with E-state index in [2.05, 4.69) is 9.98 Å². The molecule has 0 saturated carbocycles. The van der Waals surface area contributed by atoms with Gasteiger partial charge >= 0.3 is 0 Å². The van der Waals surface area contributed by atoms with Crippen molar-refractivity contribution in [1.82, 2.24) is 9.13 Å². The lowest BCUT2D eigenvalue weighted by Gasteiger charge is -2.05. The molecule has 2 heterocycles. The molecule has 0 N–H and O–H groups in total. The summed E-state index contributed by atoms with van der Waals surface area (Å²) in [6.45, 7) is 0. The Morgan fingerprint density at radius 1 is 0.417 bits per heavy atom. The molecule has 0 unspecified atom stereocenters.